The summed E-state index contributed by atoms with van der Waals surface area (Å²) >= 11 is 0. The van der Waals surface area contributed by atoms with Crippen molar-refractivity contribution in [2.24, 2.45) is 0 Å². The Labute approximate surface area is 124 Å². The van der Waals surface area contributed by atoms with Gasteiger partial charge < -0.3 is 5.73 Å². The third kappa shape index (κ3) is 4.53. The molecule has 0 aromatic heterocycles. The fourth-order valence-electron chi connectivity index (χ4n) is 2.30. The van der Waals surface area contributed by atoms with Gasteiger partial charge >= 0.3 is 0 Å². The van der Waals surface area contributed by atoms with Gasteiger partial charge in [0.1, 0.15) is 11.6 Å². The highest BCUT2D eigenvalue weighted by molar-refractivity contribution is 5.39. The van der Waals surface area contributed by atoms with E-state index in [4.69, 9.17) is 5.73 Å². The molecule has 0 saturated carbocycles. The van der Waals surface area contributed by atoms with E-state index in [2.05, 4.69) is 11.8 Å². The zero-order valence-electron chi connectivity index (χ0n) is 12.2. The number of benzene rings is 2. The number of nitrogens with zero attached hydrogens (tertiary/aromatic N) is 1. The maximum absolute atomic E-state index is 13.8. The van der Waals surface area contributed by atoms with Gasteiger partial charge in [0.2, 0.25) is 0 Å². The molecule has 112 valence electrons. The Morgan fingerprint density at radius 3 is 2.33 bits per heavy atom. The Balaban J connectivity index is 2.09. The normalized spacial score (nSPS) is 11.0. The van der Waals surface area contributed by atoms with Gasteiger partial charge in [0, 0.05) is 30.4 Å². The molecule has 0 aliphatic rings. The van der Waals surface area contributed by atoms with E-state index in [0.717, 1.165) is 30.3 Å². The average molecular weight is 290 g/mol. The van der Waals surface area contributed by atoms with Crippen LogP contribution in [0.4, 0.5) is 14.5 Å². The van der Waals surface area contributed by atoms with E-state index in [0.29, 0.717) is 18.7 Å². The minimum absolute atomic E-state index is 0.463. The topological polar surface area (TPSA) is 29.3 Å². The van der Waals surface area contributed by atoms with Crippen LogP contribution in [0.2, 0.25) is 0 Å². The summed E-state index contributed by atoms with van der Waals surface area (Å²) in [4.78, 5) is 2.14. The monoisotopic (exact) mass is 290 g/mol. The molecule has 2 aromatic carbocycles. The van der Waals surface area contributed by atoms with Crippen LogP contribution < -0.4 is 5.73 Å². The van der Waals surface area contributed by atoms with Crippen molar-refractivity contribution in [1.82, 2.24) is 4.90 Å². The molecule has 0 fully saturated rings. The number of rotatable bonds is 6. The van der Waals surface area contributed by atoms with Crippen molar-refractivity contribution in [2.45, 2.75) is 26.4 Å². The Hall–Kier alpha value is -1.94. The molecule has 0 aliphatic carbocycles. The quantitative estimate of drug-likeness (QED) is 0.816. The third-order valence-corrected chi connectivity index (χ3v) is 3.33. The second-order valence-corrected chi connectivity index (χ2v) is 5.19. The highest BCUT2D eigenvalue weighted by atomic mass is 19.1. The lowest BCUT2D eigenvalue weighted by Crippen LogP contribution is -2.24. The standard InChI is InChI=1S/C17H20F2N2/c1-2-9-21(11-13-3-7-16(20)8-4-13)12-14-5-6-15(18)10-17(14)19/h3-8,10H,2,9,11-12,20H2,1H3. The van der Waals surface area contributed by atoms with Crippen molar-refractivity contribution >= 4 is 5.69 Å². The van der Waals surface area contributed by atoms with E-state index >= 15 is 0 Å². The first kappa shape index (κ1) is 15.4. The van der Waals surface area contributed by atoms with Crippen molar-refractivity contribution in [3.05, 3.63) is 65.2 Å². The zero-order valence-corrected chi connectivity index (χ0v) is 12.2. The molecule has 21 heavy (non-hydrogen) atoms. The lowest BCUT2D eigenvalue weighted by Gasteiger charge is -2.22. The molecular formula is C17H20F2N2. The summed E-state index contributed by atoms with van der Waals surface area (Å²) in [6, 6.07) is 11.4. The summed E-state index contributed by atoms with van der Waals surface area (Å²) in [6.45, 7) is 4.10. The van der Waals surface area contributed by atoms with Gasteiger partial charge in [-0.05, 0) is 36.7 Å². The molecule has 2 rings (SSSR count). The minimum Gasteiger partial charge on any atom is -0.399 e. The Bertz CT molecular complexity index is 582. The number of nitrogens with two attached hydrogens (primary N) is 1. The highest BCUT2D eigenvalue weighted by Gasteiger charge is 2.10. The SMILES string of the molecule is CCCN(Cc1ccc(N)cc1)Cc1ccc(F)cc1F. The van der Waals surface area contributed by atoms with E-state index in [-0.39, 0.29) is 0 Å². The highest BCUT2D eigenvalue weighted by Crippen LogP contribution is 2.15. The first-order valence-electron chi connectivity index (χ1n) is 7.09. The number of halogens is 2. The van der Waals surface area contributed by atoms with Crippen molar-refractivity contribution < 1.29 is 8.78 Å². The molecule has 0 bridgehead atoms. The van der Waals surface area contributed by atoms with Gasteiger partial charge in [-0.2, -0.15) is 0 Å². The molecule has 2 N–H and O–H groups in total. The summed E-state index contributed by atoms with van der Waals surface area (Å²) in [7, 11) is 0. The van der Waals surface area contributed by atoms with E-state index in [1.165, 1.54) is 12.1 Å². The zero-order chi connectivity index (χ0) is 15.2. The molecule has 0 spiro atoms. The molecule has 0 amide bonds. The smallest absolute Gasteiger partial charge is 0.130 e. The van der Waals surface area contributed by atoms with Gasteiger partial charge in [-0.25, -0.2) is 8.78 Å². The van der Waals surface area contributed by atoms with Crippen molar-refractivity contribution in [3.63, 3.8) is 0 Å². The molecule has 2 aromatic rings. The molecule has 0 unspecified atom stereocenters. The van der Waals surface area contributed by atoms with Crippen molar-refractivity contribution in [2.75, 3.05) is 12.3 Å². The summed E-state index contributed by atoms with van der Waals surface area (Å²) in [5.74, 6) is -1.04. The fraction of sp³-hybridized carbons (Fsp3) is 0.294. The van der Waals surface area contributed by atoms with Gasteiger partial charge in [0.05, 0.1) is 0 Å². The first-order valence-corrected chi connectivity index (χ1v) is 7.09. The largest absolute Gasteiger partial charge is 0.399 e. The van der Waals surface area contributed by atoms with Crippen LogP contribution in [0, 0.1) is 11.6 Å². The summed E-state index contributed by atoms with van der Waals surface area (Å²) in [5, 5.41) is 0. The van der Waals surface area contributed by atoms with Crippen LogP contribution in [0.15, 0.2) is 42.5 Å². The maximum atomic E-state index is 13.8. The van der Waals surface area contributed by atoms with Gasteiger partial charge in [-0.15, -0.1) is 0 Å². The van der Waals surface area contributed by atoms with Crippen LogP contribution in [0.25, 0.3) is 0 Å². The van der Waals surface area contributed by atoms with Gasteiger partial charge in [-0.1, -0.05) is 25.1 Å². The van der Waals surface area contributed by atoms with Crippen LogP contribution >= 0.6 is 0 Å². The maximum Gasteiger partial charge on any atom is 0.130 e. The summed E-state index contributed by atoms with van der Waals surface area (Å²) < 4.78 is 26.7. The van der Waals surface area contributed by atoms with Crippen LogP contribution in [0.1, 0.15) is 24.5 Å². The Kier molecular flexibility index (Phi) is 5.28. The Morgan fingerprint density at radius 2 is 1.71 bits per heavy atom. The van der Waals surface area contributed by atoms with E-state index in [1.54, 1.807) is 0 Å². The number of anilines is 1. The molecule has 0 saturated heterocycles. The van der Waals surface area contributed by atoms with Gasteiger partial charge in [-0.3, -0.25) is 4.90 Å². The van der Waals surface area contributed by atoms with Crippen LogP contribution in [-0.4, -0.2) is 11.4 Å². The predicted octanol–water partition coefficient (Wildman–Crippen LogP) is 3.96. The van der Waals surface area contributed by atoms with E-state index < -0.39 is 11.6 Å². The average Bonchev–Trinajstić information content (AvgIpc) is 2.44. The molecule has 0 atom stereocenters. The fourth-order valence-corrected chi connectivity index (χ4v) is 2.30. The molecular weight excluding hydrogens is 270 g/mol. The van der Waals surface area contributed by atoms with Crippen molar-refractivity contribution in [3.8, 4) is 0 Å². The molecule has 0 heterocycles. The predicted molar refractivity (Wildman–Crippen MR) is 81.6 cm³/mol. The van der Waals surface area contributed by atoms with Crippen molar-refractivity contribution in [1.29, 1.82) is 0 Å². The summed E-state index contributed by atoms with van der Waals surface area (Å²) in [5.41, 5.74) is 8.04. The lowest BCUT2D eigenvalue weighted by atomic mass is 10.1. The Morgan fingerprint density at radius 1 is 1.00 bits per heavy atom. The van der Waals surface area contributed by atoms with Crippen LogP contribution in [0.3, 0.4) is 0 Å². The van der Waals surface area contributed by atoms with Gasteiger partial charge in [0.25, 0.3) is 0 Å². The van der Waals surface area contributed by atoms with Gasteiger partial charge in [0.15, 0.2) is 0 Å². The lowest BCUT2D eigenvalue weighted by molar-refractivity contribution is 0.253. The van der Waals surface area contributed by atoms with E-state index in [1.807, 2.05) is 24.3 Å². The number of nitrogen functional groups attached to an aromatic ring is 1. The van der Waals surface area contributed by atoms with E-state index in [9.17, 15) is 8.78 Å². The molecule has 4 heteroatoms. The molecule has 2 nitrogen and oxygen atoms in total. The van der Waals surface area contributed by atoms with Crippen LogP contribution in [-0.2, 0) is 13.1 Å². The molecule has 0 radical (unpaired) electrons. The number of hydrogen-bond donors (Lipinski definition) is 1. The second kappa shape index (κ2) is 7.18. The second-order valence-electron chi connectivity index (χ2n) is 5.19. The number of hydrogen-bond acceptors (Lipinski definition) is 2. The first-order chi connectivity index (χ1) is 10.1. The minimum atomic E-state index is -0.545. The summed E-state index contributed by atoms with van der Waals surface area (Å²) in [6.07, 6.45) is 0.970. The van der Waals surface area contributed by atoms with Crippen LogP contribution in [0.5, 0.6) is 0 Å². The molecule has 0 aliphatic heterocycles. The third-order valence-electron chi connectivity index (χ3n) is 3.33.